The van der Waals surface area contributed by atoms with Crippen LogP contribution >= 0.6 is 11.6 Å². The Bertz CT molecular complexity index is 601. The zero-order chi connectivity index (χ0) is 15.2. The highest BCUT2D eigenvalue weighted by Gasteiger charge is 2.18. The number of carbonyl (C=O) groups excluding carboxylic acids is 1. The highest BCUT2D eigenvalue weighted by molar-refractivity contribution is 6.31. The van der Waals surface area contributed by atoms with E-state index in [4.69, 9.17) is 17.3 Å². The van der Waals surface area contributed by atoms with Crippen LogP contribution in [0.25, 0.3) is 0 Å². The lowest BCUT2D eigenvalue weighted by Crippen LogP contribution is -2.43. The summed E-state index contributed by atoms with van der Waals surface area (Å²) in [5, 5.41) is 3.55. The first-order valence-electron chi connectivity index (χ1n) is 6.92. The van der Waals surface area contributed by atoms with Crippen LogP contribution < -0.4 is 11.1 Å². The molecule has 0 aliphatic heterocycles. The number of nitrogens with two attached hydrogens (primary N) is 1. The molecule has 0 unspecified atom stereocenters. The monoisotopic (exact) mass is 302 g/mol. The molecular formula is C17H19ClN2O. The molecule has 0 saturated heterocycles. The first-order chi connectivity index (χ1) is 10.1. The van der Waals surface area contributed by atoms with E-state index < -0.39 is 6.04 Å². The van der Waals surface area contributed by atoms with Gasteiger partial charge in [-0.15, -0.1) is 0 Å². The maximum Gasteiger partial charge on any atom is 0.237 e. The summed E-state index contributed by atoms with van der Waals surface area (Å²) in [6.07, 6.45) is 0.516. The fourth-order valence-corrected chi connectivity index (χ4v) is 2.48. The van der Waals surface area contributed by atoms with Gasteiger partial charge in [0.2, 0.25) is 5.91 Å². The molecule has 0 radical (unpaired) electrons. The highest BCUT2D eigenvalue weighted by atomic mass is 35.5. The largest absolute Gasteiger partial charge is 0.348 e. The second-order valence-electron chi connectivity index (χ2n) is 5.05. The van der Waals surface area contributed by atoms with Crippen molar-refractivity contribution in [2.75, 3.05) is 0 Å². The number of hydrogen-bond acceptors (Lipinski definition) is 2. The number of halogens is 1. The van der Waals surface area contributed by atoms with Crippen LogP contribution in [0, 0.1) is 0 Å². The summed E-state index contributed by atoms with van der Waals surface area (Å²) in [5.41, 5.74) is 7.90. The zero-order valence-electron chi connectivity index (χ0n) is 11.9. The van der Waals surface area contributed by atoms with Crippen molar-refractivity contribution in [2.24, 2.45) is 5.73 Å². The molecule has 4 heteroatoms. The van der Waals surface area contributed by atoms with E-state index in [0.29, 0.717) is 11.4 Å². The minimum absolute atomic E-state index is 0.173. The van der Waals surface area contributed by atoms with E-state index in [0.717, 1.165) is 11.1 Å². The molecule has 0 spiro atoms. The van der Waals surface area contributed by atoms with E-state index in [1.807, 2.05) is 61.5 Å². The molecule has 0 heterocycles. The van der Waals surface area contributed by atoms with Gasteiger partial charge in [-0.2, -0.15) is 0 Å². The molecule has 0 aliphatic rings. The summed E-state index contributed by atoms with van der Waals surface area (Å²) in [6.45, 7) is 1.90. The van der Waals surface area contributed by atoms with Crippen LogP contribution in [0.5, 0.6) is 0 Å². The first kappa shape index (κ1) is 15.5. The molecule has 0 aliphatic carbocycles. The number of benzene rings is 2. The zero-order valence-corrected chi connectivity index (χ0v) is 12.7. The predicted molar refractivity (Wildman–Crippen MR) is 86.1 cm³/mol. The number of rotatable bonds is 5. The molecule has 1 amide bonds. The lowest BCUT2D eigenvalue weighted by Gasteiger charge is -2.19. The van der Waals surface area contributed by atoms with E-state index in [2.05, 4.69) is 5.32 Å². The number of nitrogens with one attached hydrogen (secondary N) is 1. The van der Waals surface area contributed by atoms with Crippen molar-refractivity contribution in [1.82, 2.24) is 5.32 Å². The lowest BCUT2D eigenvalue weighted by molar-refractivity contribution is -0.123. The van der Waals surface area contributed by atoms with E-state index in [9.17, 15) is 4.79 Å². The van der Waals surface area contributed by atoms with Gasteiger partial charge in [-0.05, 0) is 30.5 Å². The smallest absolute Gasteiger partial charge is 0.237 e. The van der Waals surface area contributed by atoms with Crippen LogP contribution in [-0.2, 0) is 11.2 Å². The molecular weight excluding hydrogens is 284 g/mol. The minimum Gasteiger partial charge on any atom is -0.348 e. The summed E-state index contributed by atoms with van der Waals surface area (Å²) in [7, 11) is 0. The SMILES string of the molecule is C[C@@H](NC(=O)[C@H](N)Cc1ccccc1)c1ccccc1Cl. The standard InChI is InChI=1S/C17H19ClN2O/c1-12(14-9-5-6-10-15(14)18)20-17(21)16(19)11-13-7-3-2-4-8-13/h2-10,12,16H,11,19H2,1H3,(H,20,21)/t12-,16-/m1/s1. The number of carbonyl (C=O) groups is 1. The van der Waals surface area contributed by atoms with Gasteiger partial charge in [0.25, 0.3) is 0 Å². The molecule has 0 saturated carbocycles. The highest BCUT2D eigenvalue weighted by Crippen LogP contribution is 2.22. The summed E-state index contributed by atoms with van der Waals surface area (Å²) in [4.78, 5) is 12.2. The normalized spacial score (nSPS) is 13.5. The molecule has 3 nitrogen and oxygen atoms in total. The summed E-state index contributed by atoms with van der Waals surface area (Å²) < 4.78 is 0. The molecule has 2 aromatic carbocycles. The van der Waals surface area contributed by atoms with Crippen LogP contribution in [0.1, 0.15) is 24.1 Å². The third kappa shape index (κ3) is 4.31. The maximum absolute atomic E-state index is 12.2. The molecule has 0 fully saturated rings. The van der Waals surface area contributed by atoms with Gasteiger partial charge in [-0.1, -0.05) is 60.1 Å². The van der Waals surface area contributed by atoms with Gasteiger partial charge < -0.3 is 11.1 Å². The summed E-state index contributed by atoms with van der Waals surface area (Å²) >= 11 is 6.13. The van der Waals surface area contributed by atoms with E-state index in [1.54, 1.807) is 0 Å². The average molecular weight is 303 g/mol. The Morgan fingerprint density at radius 3 is 2.43 bits per heavy atom. The predicted octanol–water partition coefficient (Wildman–Crippen LogP) is 3.09. The fraction of sp³-hybridized carbons (Fsp3) is 0.235. The van der Waals surface area contributed by atoms with Gasteiger partial charge in [-0.25, -0.2) is 0 Å². The Balaban J connectivity index is 1.96. The van der Waals surface area contributed by atoms with Crippen LogP contribution in [0.2, 0.25) is 5.02 Å². The lowest BCUT2D eigenvalue weighted by atomic mass is 10.0. The van der Waals surface area contributed by atoms with Crippen LogP contribution in [0.4, 0.5) is 0 Å². The van der Waals surface area contributed by atoms with Gasteiger partial charge in [0.1, 0.15) is 0 Å². The van der Waals surface area contributed by atoms with Crippen molar-refractivity contribution in [3.63, 3.8) is 0 Å². The Morgan fingerprint density at radius 1 is 1.14 bits per heavy atom. The molecule has 2 aromatic rings. The van der Waals surface area contributed by atoms with Gasteiger partial charge in [0.15, 0.2) is 0 Å². The number of amides is 1. The molecule has 21 heavy (non-hydrogen) atoms. The van der Waals surface area contributed by atoms with E-state index in [1.165, 1.54) is 0 Å². The fourth-order valence-electron chi connectivity index (χ4n) is 2.19. The van der Waals surface area contributed by atoms with Crippen LogP contribution in [-0.4, -0.2) is 11.9 Å². The second-order valence-corrected chi connectivity index (χ2v) is 5.46. The third-order valence-corrected chi connectivity index (χ3v) is 3.71. The Kier molecular flexibility index (Phi) is 5.37. The minimum atomic E-state index is -0.572. The average Bonchev–Trinajstić information content (AvgIpc) is 2.48. The van der Waals surface area contributed by atoms with Gasteiger partial charge in [0.05, 0.1) is 12.1 Å². The third-order valence-electron chi connectivity index (χ3n) is 3.37. The van der Waals surface area contributed by atoms with Crippen LogP contribution in [0.3, 0.4) is 0 Å². The van der Waals surface area contributed by atoms with E-state index >= 15 is 0 Å². The molecule has 3 N–H and O–H groups in total. The Hall–Kier alpha value is -1.84. The summed E-state index contributed by atoms with van der Waals surface area (Å²) in [5.74, 6) is -0.175. The van der Waals surface area contributed by atoms with Crippen molar-refractivity contribution in [3.05, 3.63) is 70.7 Å². The second kappa shape index (κ2) is 7.25. The van der Waals surface area contributed by atoms with Gasteiger partial charge >= 0.3 is 0 Å². The Morgan fingerprint density at radius 2 is 1.76 bits per heavy atom. The quantitative estimate of drug-likeness (QED) is 0.892. The van der Waals surface area contributed by atoms with Crippen molar-refractivity contribution in [1.29, 1.82) is 0 Å². The van der Waals surface area contributed by atoms with Gasteiger partial charge in [0, 0.05) is 5.02 Å². The van der Waals surface area contributed by atoms with Gasteiger partial charge in [-0.3, -0.25) is 4.79 Å². The molecule has 0 aromatic heterocycles. The molecule has 2 rings (SSSR count). The van der Waals surface area contributed by atoms with Crippen molar-refractivity contribution < 1.29 is 4.79 Å². The topological polar surface area (TPSA) is 55.1 Å². The van der Waals surface area contributed by atoms with Crippen molar-refractivity contribution in [2.45, 2.75) is 25.4 Å². The van der Waals surface area contributed by atoms with Crippen molar-refractivity contribution in [3.8, 4) is 0 Å². The molecule has 2 atom stereocenters. The first-order valence-corrected chi connectivity index (χ1v) is 7.30. The maximum atomic E-state index is 12.2. The molecule has 110 valence electrons. The summed E-state index contributed by atoms with van der Waals surface area (Å²) in [6, 6.07) is 16.5. The van der Waals surface area contributed by atoms with E-state index in [-0.39, 0.29) is 11.9 Å². The Labute approximate surface area is 130 Å². The van der Waals surface area contributed by atoms with Crippen LogP contribution in [0.15, 0.2) is 54.6 Å². The number of hydrogen-bond donors (Lipinski definition) is 2. The van der Waals surface area contributed by atoms with Crippen molar-refractivity contribution >= 4 is 17.5 Å². The molecule has 0 bridgehead atoms.